The Morgan fingerprint density at radius 2 is 1.96 bits per heavy atom. The zero-order chi connectivity index (χ0) is 16.9. The normalized spacial score (nSPS) is 19.3. The van der Waals surface area contributed by atoms with Crippen LogP contribution in [0.3, 0.4) is 0 Å². The summed E-state index contributed by atoms with van der Waals surface area (Å²) in [7, 11) is -3.71. The lowest BCUT2D eigenvalue weighted by Gasteiger charge is -2.24. The van der Waals surface area contributed by atoms with Crippen molar-refractivity contribution in [3.63, 3.8) is 0 Å². The van der Waals surface area contributed by atoms with Gasteiger partial charge in [-0.3, -0.25) is 0 Å². The van der Waals surface area contributed by atoms with Gasteiger partial charge in [0.2, 0.25) is 16.8 Å². The van der Waals surface area contributed by atoms with E-state index in [1.54, 1.807) is 13.0 Å². The number of aromatic nitrogens is 3. The van der Waals surface area contributed by atoms with Gasteiger partial charge in [-0.05, 0) is 38.3 Å². The lowest BCUT2D eigenvalue weighted by molar-refractivity contribution is 0.174. The molecule has 0 aliphatic carbocycles. The second-order valence-corrected chi connectivity index (χ2v) is 7.73. The van der Waals surface area contributed by atoms with Gasteiger partial charge in [0.1, 0.15) is 5.82 Å². The maximum Gasteiger partial charge on any atom is 0.241 e. The first-order valence-corrected chi connectivity index (χ1v) is 9.26. The van der Waals surface area contributed by atoms with Crippen LogP contribution < -0.4 is 14.2 Å². The number of nitrogens with one attached hydrogen (secondary N) is 1. The summed E-state index contributed by atoms with van der Waals surface area (Å²) in [6.07, 6.45) is 1.57. The average Bonchev–Trinajstić information content (AvgIpc) is 3.13. The fourth-order valence-electron chi connectivity index (χ4n) is 3.19. The number of nitrogens with zero attached hydrogens (tertiary/aromatic N) is 3. The molecule has 0 amide bonds. The fraction of sp³-hybridized carbons (Fsp3) is 0.467. The third-order valence-corrected chi connectivity index (χ3v) is 6.02. The Balaban J connectivity index is 1.68. The molecule has 0 fully saturated rings. The number of ether oxygens (including phenoxy) is 2. The van der Waals surface area contributed by atoms with Crippen LogP contribution in [-0.2, 0) is 16.6 Å². The van der Waals surface area contributed by atoms with Crippen LogP contribution in [-0.4, -0.2) is 30.0 Å². The van der Waals surface area contributed by atoms with E-state index in [1.165, 1.54) is 6.07 Å². The molecule has 0 radical (unpaired) electrons. The number of hydrogen-bond acceptors (Lipinski definition) is 6. The predicted octanol–water partition coefficient (Wildman–Crippen LogP) is 1.44. The van der Waals surface area contributed by atoms with E-state index in [0.717, 1.165) is 18.8 Å². The number of hydrogen-bond donors (Lipinski definition) is 1. The van der Waals surface area contributed by atoms with Crippen molar-refractivity contribution in [1.82, 2.24) is 19.5 Å². The molecule has 128 valence electrons. The largest absolute Gasteiger partial charge is 0.454 e. The Bertz CT molecular complexity index is 906. The van der Waals surface area contributed by atoms with Crippen molar-refractivity contribution in [3.05, 3.63) is 29.3 Å². The van der Waals surface area contributed by atoms with Gasteiger partial charge in [-0.1, -0.05) is 0 Å². The van der Waals surface area contributed by atoms with Crippen molar-refractivity contribution in [2.45, 2.75) is 44.2 Å². The Labute approximate surface area is 139 Å². The van der Waals surface area contributed by atoms with Crippen molar-refractivity contribution >= 4 is 10.0 Å². The minimum absolute atomic E-state index is 0.108. The molecule has 0 saturated carbocycles. The highest BCUT2D eigenvalue weighted by atomic mass is 32.2. The first kappa shape index (κ1) is 15.4. The van der Waals surface area contributed by atoms with Crippen molar-refractivity contribution in [3.8, 4) is 11.5 Å². The molecule has 0 bridgehead atoms. The van der Waals surface area contributed by atoms with Crippen molar-refractivity contribution in [2.24, 2.45) is 0 Å². The predicted molar refractivity (Wildman–Crippen MR) is 84.4 cm³/mol. The molecule has 1 aromatic carbocycles. The van der Waals surface area contributed by atoms with E-state index >= 15 is 0 Å². The Hall–Kier alpha value is -2.13. The lowest BCUT2D eigenvalue weighted by Crippen LogP contribution is -2.33. The molecular formula is C15H18N4O4S. The molecule has 9 heteroatoms. The second-order valence-electron chi connectivity index (χ2n) is 6.04. The van der Waals surface area contributed by atoms with Crippen molar-refractivity contribution in [1.29, 1.82) is 0 Å². The van der Waals surface area contributed by atoms with E-state index in [4.69, 9.17) is 9.47 Å². The van der Waals surface area contributed by atoms with E-state index in [1.807, 2.05) is 11.5 Å². The van der Waals surface area contributed by atoms with Gasteiger partial charge >= 0.3 is 0 Å². The summed E-state index contributed by atoms with van der Waals surface area (Å²) in [6.45, 7) is 4.53. The van der Waals surface area contributed by atoms with Crippen LogP contribution in [0.15, 0.2) is 17.0 Å². The second kappa shape index (κ2) is 5.45. The van der Waals surface area contributed by atoms with Crippen molar-refractivity contribution < 1.29 is 17.9 Å². The van der Waals surface area contributed by atoms with Crippen LogP contribution in [0.2, 0.25) is 0 Å². The summed E-state index contributed by atoms with van der Waals surface area (Å²) in [5.74, 6) is 2.48. The molecule has 8 nitrogen and oxygen atoms in total. The van der Waals surface area contributed by atoms with Crippen LogP contribution in [0.25, 0.3) is 0 Å². The molecule has 0 spiro atoms. The maximum atomic E-state index is 12.9. The van der Waals surface area contributed by atoms with Gasteiger partial charge in [-0.15, -0.1) is 10.2 Å². The average molecular weight is 350 g/mol. The summed E-state index contributed by atoms with van der Waals surface area (Å²) in [5.41, 5.74) is 0.611. The fourth-order valence-corrected chi connectivity index (χ4v) is 4.66. The zero-order valence-corrected chi connectivity index (χ0v) is 14.3. The van der Waals surface area contributed by atoms with Crippen LogP contribution in [0.4, 0.5) is 0 Å². The number of benzene rings is 1. The molecule has 1 unspecified atom stereocenters. The van der Waals surface area contributed by atoms with Gasteiger partial charge in [-0.2, -0.15) is 0 Å². The molecule has 2 aromatic rings. The standard InChI is InChI=1S/C15H18N4O4S/c1-9-6-12-13(23-8-22-12)7-14(9)24(20,21)18-11-4-3-5-19-10(2)16-17-15(11)19/h6-7,11,18H,3-5,8H2,1-2H3. The number of aryl methyl sites for hydroxylation is 2. The first-order chi connectivity index (χ1) is 11.5. The molecular weight excluding hydrogens is 332 g/mol. The zero-order valence-electron chi connectivity index (χ0n) is 13.4. The van der Waals surface area contributed by atoms with Gasteiger partial charge in [0.05, 0.1) is 10.9 Å². The van der Waals surface area contributed by atoms with Crippen LogP contribution in [0.1, 0.15) is 36.1 Å². The summed E-state index contributed by atoms with van der Waals surface area (Å²) in [4.78, 5) is 0.195. The smallest absolute Gasteiger partial charge is 0.241 e. The minimum Gasteiger partial charge on any atom is -0.454 e. The third kappa shape index (κ3) is 2.44. The van der Waals surface area contributed by atoms with Gasteiger partial charge in [0, 0.05) is 12.6 Å². The SMILES string of the molecule is Cc1cc2c(cc1S(=O)(=O)NC1CCCn3c(C)nnc31)OCO2. The molecule has 0 saturated heterocycles. The number of fused-ring (bicyclic) bond motifs is 2. The first-order valence-electron chi connectivity index (χ1n) is 7.78. The van der Waals surface area contributed by atoms with Gasteiger partial charge in [0.25, 0.3) is 0 Å². The minimum atomic E-state index is -3.71. The summed E-state index contributed by atoms with van der Waals surface area (Å²) in [6, 6.07) is 2.82. The van der Waals surface area contributed by atoms with Crippen molar-refractivity contribution in [2.75, 3.05) is 6.79 Å². The van der Waals surface area contributed by atoms with E-state index in [0.29, 0.717) is 29.3 Å². The van der Waals surface area contributed by atoms with E-state index < -0.39 is 10.0 Å². The van der Waals surface area contributed by atoms with Gasteiger partial charge in [-0.25, -0.2) is 13.1 Å². The Morgan fingerprint density at radius 3 is 2.75 bits per heavy atom. The Kier molecular flexibility index (Phi) is 3.50. The number of rotatable bonds is 3. The molecule has 24 heavy (non-hydrogen) atoms. The van der Waals surface area contributed by atoms with Crippen LogP contribution in [0.5, 0.6) is 11.5 Å². The molecule has 2 aliphatic heterocycles. The van der Waals surface area contributed by atoms with Crippen LogP contribution >= 0.6 is 0 Å². The monoisotopic (exact) mass is 350 g/mol. The van der Waals surface area contributed by atoms with E-state index in [9.17, 15) is 8.42 Å². The maximum absolute atomic E-state index is 12.9. The lowest BCUT2D eigenvalue weighted by atomic mass is 10.1. The Morgan fingerprint density at radius 1 is 1.21 bits per heavy atom. The molecule has 3 heterocycles. The summed E-state index contributed by atoms with van der Waals surface area (Å²) in [5, 5.41) is 8.19. The highest BCUT2D eigenvalue weighted by molar-refractivity contribution is 7.89. The molecule has 1 N–H and O–H groups in total. The molecule has 1 atom stereocenters. The quantitative estimate of drug-likeness (QED) is 0.900. The van der Waals surface area contributed by atoms with Crippen LogP contribution in [0, 0.1) is 13.8 Å². The highest BCUT2D eigenvalue weighted by Gasteiger charge is 2.30. The third-order valence-electron chi connectivity index (χ3n) is 4.41. The van der Waals surface area contributed by atoms with E-state index in [2.05, 4.69) is 14.9 Å². The molecule has 1 aromatic heterocycles. The number of sulfonamides is 1. The highest BCUT2D eigenvalue weighted by Crippen LogP contribution is 2.36. The molecule has 2 aliphatic rings. The summed E-state index contributed by atoms with van der Waals surface area (Å²) >= 11 is 0. The topological polar surface area (TPSA) is 95.3 Å². The van der Waals surface area contributed by atoms with Gasteiger partial charge < -0.3 is 14.0 Å². The molecule has 4 rings (SSSR count). The van der Waals surface area contributed by atoms with Gasteiger partial charge in [0.15, 0.2) is 17.3 Å². The van der Waals surface area contributed by atoms with E-state index in [-0.39, 0.29) is 17.7 Å². The summed E-state index contributed by atoms with van der Waals surface area (Å²) < 4.78 is 41.1.